The highest BCUT2D eigenvalue weighted by Gasteiger charge is 2.30. The Kier molecular flexibility index (Phi) is 6.38. The minimum Gasteiger partial charge on any atom is -0.372 e. The fourth-order valence-corrected chi connectivity index (χ4v) is 5.08. The molecular weight excluding hydrogens is 442 g/mol. The maximum Gasteiger partial charge on any atom is 0.263 e. The summed E-state index contributed by atoms with van der Waals surface area (Å²) in [5.74, 6) is -1.18. The molecule has 0 spiro atoms. The number of rotatable bonds is 4. The lowest BCUT2D eigenvalue weighted by molar-refractivity contribution is -0.0586. The number of hydrogen-bond donors (Lipinski definition) is 1. The summed E-state index contributed by atoms with van der Waals surface area (Å²) >= 11 is 12.3. The molecule has 3 rings (SSSR count). The van der Waals surface area contributed by atoms with Crippen LogP contribution in [0.3, 0.4) is 0 Å². The molecule has 0 bridgehead atoms. The maximum atomic E-state index is 13.9. The van der Waals surface area contributed by atoms with Gasteiger partial charge in [0.1, 0.15) is 10.7 Å². The van der Waals surface area contributed by atoms with Gasteiger partial charge in [-0.05, 0) is 38.1 Å². The van der Waals surface area contributed by atoms with Crippen molar-refractivity contribution < 1.29 is 22.3 Å². The van der Waals surface area contributed by atoms with Gasteiger partial charge in [0, 0.05) is 13.1 Å². The average molecular weight is 461 g/mol. The molecule has 1 N–H and O–H groups in total. The van der Waals surface area contributed by atoms with Gasteiger partial charge >= 0.3 is 0 Å². The van der Waals surface area contributed by atoms with E-state index < -0.39 is 21.7 Å². The first-order chi connectivity index (χ1) is 13.6. The lowest BCUT2D eigenvalue weighted by Gasteiger charge is -2.35. The predicted molar refractivity (Wildman–Crippen MR) is 110 cm³/mol. The Morgan fingerprint density at radius 3 is 2.38 bits per heavy atom. The van der Waals surface area contributed by atoms with Crippen molar-refractivity contribution in [3.63, 3.8) is 0 Å². The number of benzene rings is 2. The molecule has 2 aromatic rings. The van der Waals surface area contributed by atoms with Crippen LogP contribution in [0.15, 0.2) is 41.3 Å². The lowest BCUT2D eigenvalue weighted by Crippen LogP contribution is -2.48. The number of morpholine rings is 1. The molecule has 10 heteroatoms. The van der Waals surface area contributed by atoms with E-state index in [0.29, 0.717) is 13.1 Å². The third kappa shape index (κ3) is 4.83. The Hall–Kier alpha value is -1.87. The monoisotopic (exact) mass is 460 g/mol. The summed E-state index contributed by atoms with van der Waals surface area (Å²) in [6, 6.07) is 7.63. The van der Waals surface area contributed by atoms with Crippen LogP contribution >= 0.6 is 23.2 Å². The van der Waals surface area contributed by atoms with Gasteiger partial charge < -0.3 is 9.64 Å². The standard InChI is InChI=1S/C19H19Cl2FN2O4S/c1-11-9-24(10-12(2)28-11)19(25)13-7-18(15(21)8-14(13)20)29(26,27)23-17-6-4-3-5-16(17)22/h3-8,11-12,23H,9-10H2,1-2H3/t11-,12-/m0/s1. The van der Waals surface area contributed by atoms with Crippen molar-refractivity contribution in [2.45, 2.75) is 31.0 Å². The maximum absolute atomic E-state index is 13.9. The highest BCUT2D eigenvalue weighted by Crippen LogP contribution is 2.31. The summed E-state index contributed by atoms with van der Waals surface area (Å²) in [5.41, 5.74) is -0.242. The molecule has 6 nitrogen and oxygen atoms in total. The van der Waals surface area contributed by atoms with Crippen molar-refractivity contribution >= 4 is 44.8 Å². The van der Waals surface area contributed by atoms with Gasteiger partial charge in [-0.15, -0.1) is 0 Å². The molecule has 1 aliphatic rings. The van der Waals surface area contributed by atoms with E-state index >= 15 is 0 Å². The van der Waals surface area contributed by atoms with Crippen molar-refractivity contribution in [1.29, 1.82) is 0 Å². The van der Waals surface area contributed by atoms with Gasteiger partial charge in [-0.25, -0.2) is 12.8 Å². The van der Waals surface area contributed by atoms with Gasteiger partial charge in [0.05, 0.1) is 33.5 Å². The summed E-state index contributed by atoms with van der Waals surface area (Å²) in [4.78, 5) is 14.2. The minimum atomic E-state index is -4.27. The molecular formula is C19H19Cl2FN2O4S. The number of amides is 1. The molecule has 1 saturated heterocycles. The second kappa shape index (κ2) is 8.47. The quantitative estimate of drug-likeness (QED) is 0.742. The van der Waals surface area contributed by atoms with Crippen LogP contribution in [0.4, 0.5) is 10.1 Å². The Morgan fingerprint density at radius 2 is 1.76 bits per heavy atom. The van der Waals surface area contributed by atoms with Gasteiger partial charge in [0.25, 0.3) is 15.9 Å². The smallest absolute Gasteiger partial charge is 0.263 e. The number of nitrogens with one attached hydrogen (secondary N) is 1. The summed E-state index contributed by atoms with van der Waals surface area (Å²) in [6.45, 7) is 4.37. The zero-order valence-electron chi connectivity index (χ0n) is 15.7. The number of sulfonamides is 1. The topological polar surface area (TPSA) is 75.7 Å². The van der Waals surface area contributed by atoms with Crippen LogP contribution in [-0.4, -0.2) is 44.5 Å². The van der Waals surface area contributed by atoms with Crippen LogP contribution in [0.1, 0.15) is 24.2 Å². The molecule has 0 unspecified atom stereocenters. The van der Waals surface area contributed by atoms with E-state index in [-0.39, 0.29) is 38.4 Å². The molecule has 1 aliphatic heterocycles. The van der Waals surface area contributed by atoms with Crippen molar-refractivity contribution in [3.05, 3.63) is 57.8 Å². The van der Waals surface area contributed by atoms with Gasteiger partial charge in [0.15, 0.2) is 0 Å². The zero-order chi connectivity index (χ0) is 21.3. The van der Waals surface area contributed by atoms with E-state index in [1.54, 1.807) is 4.90 Å². The van der Waals surface area contributed by atoms with Gasteiger partial charge in [0.2, 0.25) is 0 Å². The predicted octanol–water partition coefficient (Wildman–Crippen LogP) is 4.18. The number of carbonyl (C=O) groups is 1. The van der Waals surface area contributed by atoms with Crippen molar-refractivity contribution in [3.8, 4) is 0 Å². The minimum absolute atomic E-state index is 0.00808. The van der Waals surface area contributed by atoms with Crippen LogP contribution in [0.2, 0.25) is 10.0 Å². The Bertz CT molecular complexity index is 1040. The Morgan fingerprint density at radius 1 is 1.14 bits per heavy atom. The molecule has 156 valence electrons. The number of anilines is 1. The number of ether oxygens (including phenoxy) is 1. The number of carbonyl (C=O) groups excluding carboxylic acids is 1. The van der Waals surface area contributed by atoms with Crippen molar-refractivity contribution in [1.82, 2.24) is 4.90 Å². The van der Waals surface area contributed by atoms with Crippen molar-refractivity contribution in [2.75, 3.05) is 17.8 Å². The molecule has 0 aliphatic carbocycles. The first-order valence-corrected chi connectivity index (χ1v) is 11.0. The molecule has 1 fully saturated rings. The van der Waals surface area contributed by atoms with E-state index in [4.69, 9.17) is 27.9 Å². The van der Waals surface area contributed by atoms with Crippen molar-refractivity contribution in [2.24, 2.45) is 0 Å². The molecule has 29 heavy (non-hydrogen) atoms. The van der Waals surface area contributed by atoms with E-state index in [9.17, 15) is 17.6 Å². The Balaban J connectivity index is 1.97. The van der Waals surface area contributed by atoms with Crippen LogP contribution in [0, 0.1) is 5.82 Å². The fourth-order valence-electron chi connectivity index (χ4n) is 3.16. The molecule has 0 radical (unpaired) electrons. The molecule has 0 aromatic heterocycles. The summed E-state index contributed by atoms with van der Waals surface area (Å²) in [7, 11) is -4.27. The highest BCUT2D eigenvalue weighted by atomic mass is 35.5. The lowest BCUT2D eigenvalue weighted by atomic mass is 10.1. The summed E-state index contributed by atoms with van der Waals surface area (Å²) < 4.78 is 47.2. The van der Waals surface area contributed by atoms with Crippen LogP contribution < -0.4 is 4.72 Å². The summed E-state index contributed by atoms with van der Waals surface area (Å²) in [5, 5.41) is -0.157. The van der Waals surface area contributed by atoms with Gasteiger partial charge in [-0.3, -0.25) is 9.52 Å². The number of nitrogens with zero attached hydrogens (tertiary/aromatic N) is 1. The summed E-state index contributed by atoms with van der Waals surface area (Å²) in [6.07, 6.45) is -0.334. The normalized spacial score (nSPS) is 19.8. The average Bonchev–Trinajstić information content (AvgIpc) is 2.62. The second-order valence-corrected chi connectivity index (χ2v) is 9.28. The third-order valence-electron chi connectivity index (χ3n) is 4.37. The fraction of sp³-hybridized carbons (Fsp3) is 0.316. The second-order valence-electron chi connectivity index (χ2n) is 6.82. The molecule has 2 aromatic carbocycles. The molecule has 0 saturated carbocycles. The highest BCUT2D eigenvalue weighted by molar-refractivity contribution is 7.92. The molecule has 1 amide bonds. The SMILES string of the molecule is C[C@H]1CN(C(=O)c2cc(S(=O)(=O)Nc3ccccc3F)c(Cl)cc2Cl)C[C@H](C)O1. The van der Waals surface area contributed by atoms with E-state index in [0.717, 1.165) is 12.1 Å². The Labute approximate surface area is 178 Å². The van der Waals surface area contributed by atoms with Crippen LogP contribution in [0.5, 0.6) is 0 Å². The first-order valence-electron chi connectivity index (χ1n) is 8.79. The number of para-hydroxylation sites is 1. The van der Waals surface area contributed by atoms with E-state index in [2.05, 4.69) is 4.72 Å². The van der Waals surface area contributed by atoms with Crippen LogP contribution in [0.25, 0.3) is 0 Å². The van der Waals surface area contributed by atoms with Gasteiger partial charge in [-0.1, -0.05) is 35.3 Å². The number of halogens is 3. The molecule has 1 heterocycles. The first kappa shape index (κ1) is 21.8. The molecule has 2 atom stereocenters. The van der Waals surface area contributed by atoms with Crippen LogP contribution in [-0.2, 0) is 14.8 Å². The van der Waals surface area contributed by atoms with E-state index in [1.165, 1.54) is 24.3 Å². The number of hydrogen-bond acceptors (Lipinski definition) is 4. The largest absolute Gasteiger partial charge is 0.372 e. The third-order valence-corrected chi connectivity index (χ3v) is 6.51. The zero-order valence-corrected chi connectivity index (χ0v) is 18.0. The van der Waals surface area contributed by atoms with E-state index in [1.807, 2.05) is 13.8 Å². The van der Waals surface area contributed by atoms with Gasteiger partial charge in [-0.2, -0.15) is 0 Å².